The van der Waals surface area contributed by atoms with Crippen LogP contribution >= 0.6 is 0 Å². The fourth-order valence-electron chi connectivity index (χ4n) is 3.43. The summed E-state index contributed by atoms with van der Waals surface area (Å²) in [6.45, 7) is 4.15. The van der Waals surface area contributed by atoms with Crippen molar-refractivity contribution in [3.05, 3.63) is 70.8 Å². The van der Waals surface area contributed by atoms with Gasteiger partial charge in [-0.25, -0.2) is 14.4 Å². The number of carboxylic acid groups (broad SMARTS) is 1. The minimum absolute atomic E-state index is 0.0379. The molecule has 43 heavy (non-hydrogen) atoms. The van der Waals surface area contributed by atoms with Crippen molar-refractivity contribution >= 4 is 47.7 Å². The second-order valence-electron chi connectivity index (χ2n) is 8.72. The summed E-state index contributed by atoms with van der Waals surface area (Å²) in [6, 6.07) is 10.1. The number of nitrogens with one attached hydrogen (secondary N) is 1. The van der Waals surface area contributed by atoms with E-state index in [1.54, 1.807) is 0 Å². The lowest BCUT2D eigenvalue weighted by atomic mass is 10.1. The van der Waals surface area contributed by atoms with E-state index in [9.17, 15) is 28.8 Å². The number of nitrogens with two attached hydrogens (primary N) is 1. The summed E-state index contributed by atoms with van der Waals surface area (Å²) in [7, 11) is 0. The molecule has 0 saturated carbocycles. The highest BCUT2D eigenvalue weighted by Crippen LogP contribution is 2.18. The zero-order valence-electron chi connectivity index (χ0n) is 23.7. The van der Waals surface area contributed by atoms with E-state index in [0.717, 1.165) is 0 Å². The topological polar surface area (TPSA) is 213 Å². The van der Waals surface area contributed by atoms with Gasteiger partial charge in [-0.1, -0.05) is 12.1 Å². The summed E-state index contributed by atoms with van der Waals surface area (Å²) in [6.07, 6.45) is -0.553. The number of nitrogen functional groups attached to an aromatic ring is 1. The van der Waals surface area contributed by atoms with Crippen LogP contribution in [-0.2, 0) is 38.3 Å². The number of nitrogens with zero attached hydrogens (tertiary/aromatic N) is 1. The number of amides is 1. The Bertz CT molecular complexity index is 1400. The number of amidine groups is 1. The Balaban J connectivity index is 2.22. The van der Waals surface area contributed by atoms with Gasteiger partial charge in [-0.3, -0.25) is 19.8 Å². The SMILES string of the molecule is CCOC(=O)CC(C(=O)OCC)N(OC(=O)C(C)=Cc1ccc(C(=O)Oc2ccc(C(=N)N)cc2)cc1)C(=O)CC(=O)O. The molecule has 0 radical (unpaired) electrons. The first-order chi connectivity index (χ1) is 20.4. The molecule has 0 spiro atoms. The first-order valence-corrected chi connectivity index (χ1v) is 12.9. The molecule has 0 aliphatic carbocycles. The van der Waals surface area contributed by atoms with E-state index in [1.165, 1.54) is 75.4 Å². The average molecular weight is 598 g/mol. The summed E-state index contributed by atoms with van der Waals surface area (Å²) in [5, 5.41) is 16.7. The number of ether oxygens (including phenoxy) is 3. The highest BCUT2D eigenvalue weighted by Gasteiger charge is 2.38. The average Bonchev–Trinajstić information content (AvgIpc) is 2.95. The van der Waals surface area contributed by atoms with Crippen molar-refractivity contribution < 1.29 is 52.9 Å². The third kappa shape index (κ3) is 10.4. The fourth-order valence-corrected chi connectivity index (χ4v) is 3.43. The molecule has 14 heteroatoms. The zero-order chi connectivity index (χ0) is 32.1. The molecular formula is C29H31N3O11. The molecule has 0 saturated heterocycles. The Morgan fingerprint density at radius 3 is 2.05 bits per heavy atom. The van der Waals surface area contributed by atoms with Crippen molar-refractivity contribution in [3.63, 3.8) is 0 Å². The Morgan fingerprint density at radius 1 is 0.930 bits per heavy atom. The first-order valence-electron chi connectivity index (χ1n) is 12.9. The molecule has 14 nitrogen and oxygen atoms in total. The lowest BCUT2D eigenvalue weighted by Crippen LogP contribution is -2.48. The lowest BCUT2D eigenvalue weighted by Gasteiger charge is -2.27. The molecule has 2 aromatic rings. The molecule has 2 rings (SSSR count). The van der Waals surface area contributed by atoms with E-state index in [1.807, 2.05) is 0 Å². The number of benzene rings is 2. The molecular weight excluding hydrogens is 566 g/mol. The Labute approximate surface area is 246 Å². The number of esters is 3. The van der Waals surface area contributed by atoms with Crippen LogP contribution in [0.15, 0.2) is 54.1 Å². The molecule has 0 aliphatic rings. The molecule has 1 amide bonds. The highest BCUT2D eigenvalue weighted by atomic mass is 16.7. The summed E-state index contributed by atoms with van der Waals surface area (Å²) >= 11 is 0. The third-order valence-corrected chi connectivity index (χ3v) is 5.46. The first kappa shape index (κ1) is 33.7. The van der Waals surface area contributed by atoms with Crippen molar-refractivity contribution in [3.8, 4) is 5.75 Å². The molecule has 0 heterocycles. The van der Waals surface area contributed by atoms with Gasteiger partial charge >= 0.3 is 29.8 Å². The Hall–Kier alpha value is -5.53. The van der Waals surface area contributed by atoms with Crippen molar-refractivity contribution in [2.45, 2.75) is 39.7 Å². The molecule has 0 aliphatic heterocycles. The van der Waals surface area contributed by atoms with E-state index in [2.05, 4.69) is 0 Å². The normalized spacial score (nSPS) is 11.5. The minimum atomic E-state index is -1.80. The van der Waals surface area contributed by atoms with Gasteiger partial charge in [-0.2, -0.15) is 5.06 Å². The summed E-state index contributed by atoms with van der Waals surface area (Å²) in [5.74, 6) is -6.56. The van der Waals surface area contributed by atoms with Crippen molar-refractivity contribution in [2.24, 2.45) is 5.73 Å². The second-order valence-corrected chi connectivity index (χ2v) is 8.72. The number of hydrogen-bond acceptors (Lipinski definition) is 11. The van der Waals surface area contributed by atoms with Gasteiger partial charge in [0, 0.05) is 11.1 Å². The van der Waals surface area contributed by atoms with Crippen molar-refractivity contribution in [1.82, 2.24) is 5.06 Å². The Kier molecular flexibility index (Phi) is 12.6. The van der Waals surface area contributed by atoms with Crippen LogP contribution in [0.2, 0.25) is 0 Å². The number of hydroxylamine groups is 2. The van der Waals surface area contributed by atoms with Crippen LogP contribution in [-0.4, -0.2) is 71.0 Å². The smallest absolute Gasteiger partial charge is 0.359 e. The minimum Gasteiger partial charge on any atom is -0.481 e. The van der Waals surface area contributed by atoms with E-state index in [-0.39, 0.29) is 41.0 Å². The summed E-state index contributed by atoms with van der Waals surface area (Å²) < 4.78 is 15.0. The number of aliphatic carboxylic acids is 1. The third-order valence-electron chi connectivity index (χ3n) is 5.46. The molecule has 0 aromatic heterocycles. The van der Waals surface area contributed by atoms with Gasteiger partial charge in [0.1, 0.15) is 18.0 Å². The fraction of sp³-hybridized carbons (Fsp3) is 0.276. The molecule has 0 fully saturated rings. The molecule has 1 unspecified atom stereocenters. The van der Waals surface area contributed by atoms with Crippen LogP contribution in [0.3, 0.4) is 0 Å². The summed E-state index contributed by atoms with van der Waals surface area (Å²) in [4.78, 5) is 79.0. The molecule has 2 aromatic carbocycles. The maximum absolute atomic E-state index is 12.9. The molecule has 0 bridgehead atoms. The van der Waals surface area contributed by atoms with Gasteiger partial charge in [0.2, 0.25) is 0 Å². The van der Waals surface area contributed by atoms with Crippen LogP contribution in [0.1, 0.15) is 55.1 Å². The summed E-state index contributed by atoms with van der Waals surface area (Å²) in [5.41, 5.74) is 6.43. The van der Waals surface area contributed by atoms with Crippen LogP contribution < -0.4 is 10.5 Å². The Morgan fingerprint density at radius 2 is 1.51 bits per heavy atom. The van der Waals surface area contributed by atoms with Gasteiger partial charge in [-0.05, 0) is 68.8 Å². The van der Waals surface area contributed by atoms with Crippen molar-refractivity contribution in [1.29, 1.82) is 5.41 Å². The highest BCUT2D eigenvalue weighted by molar-refractivity contribution is 5.99. The largest absolute Gasteiger partial charge is 0.481 e. The van der Waals surface area contributed by atoms with Gasteiger partial charge in [0.25, 0.3) is 5.91 Å². The molecule has 1 atom stereocenters. The van der Waals surface area contributed by atoms with E-state index >= 15 is 0 Å². The van der Waals surface area contributed by atoms with Crippen LogP contribution in [0, 0.1) is 5.41 Å². The maximum atomic E-state index is 12.9. The molecule has 228 valence electrons. The standard InChI is InChI=1S/C29H31N3O11/c1-4-40-25(36)15-22(29(39)41-5-2)32(23(33)16-24(34)35)43-27(37)17(3)14-18-6-8-20(9-7-18)28(38)42-21-12-10-19(11-13-21)26(30)31/h6-14,22H,4-5,15-16H2,1-3H3,(H3,30,31)(H,34,35). The van der Waals surface area contributed by atoms with Gasteiger partial charge in [-0.15, -0.1) is 0 Å². The van der Waals surface area contributed by atoms with E-state index in [0.29, 0.717) is 11.1 Å². The predicted octanol–water partition coefficient (Wildman–Crippen LogP) is 2.24. The van der Waals surface area contributed by atoms with Crippen molar-refractivity contribution in [2.75, 3.05) is 13.2 Å². The number of hydrogen-bond donors (Lipinski definition) is 3. The number of rotatable bonds is 13. The van der Waals surface area contributed by atoms with Crippen LogP contribution in [0.4, 0.5) is 0 Å². The van der Waals surface area contributed by atoms with Gasteiger partial charge < -0.3 is 29.9 Å². The number of carbonyl (C=O) groups excluding carboxylic acids is 5. The second kappa shape index (κ2) is 16.0. The predicted molar refractivity (Wildman–Crippen MR) is 149 cm³/mol. The van der Waals surface area contributed by atoms with E-state index < -0.39 is 54.6 Å². The van der Waals surface area contributed by atoms with Crippen LogP contribution in [0.5, 0.6) is 5.75 Å². The van der Waals surface area contributed by atoms with E-state index in [4.69, 9.17) is 35.3 Å². The quantitative estimate of drug-likeness (QED) is 0.0577. The maximum Gasteiger partial charge on any atom is 0.359 e. The monoisotopic (exact) mass is 597 g/mol. The zero-order valence-corrected chi connectivity index (χ0v) is 23.7. The lowest BCUT2D eigenvalue weighted by molar-refractivity contribution is -0.211. The van der Waals surface area contributed by atoms with Gasteiger partial charge in [0.15, 0.2) is 6.04 Å². The van der Waals surface area contributed by atoms with Gasteiger partial charge in [0.05, 0.1) is 25.2 Å². The number of carbonyl (C=O) groups is 6. The number of carboxylic acids is 1. The van der Waals surface area contributed by atoms with Crippen LogP contribution in [0.25, 0.3) is 6.08 Å². The molecule has 4 N–H and O–H groups in total.